The average Bonchev–Trinajstić information content (AvgIpc) is 2.30. The smallest absolute Gasteiger partial charge is 0.107 e. The van der Waals surface area contributed by atoms with Crippen LogP contribution in [0.2, 0.25) is 0 Å². The Morgan fingerprint density at radius 3 is 2.88 bits per heavy atom. The summed E-state index contributed by atoms with van der Waals surface area (Å²) in [5.74, 6) is 0. The second-order valence-corrected chi connectivity index (χ2v) is 3.80. The molecule has 1 aliphatic heterocycles. The minimum absolute atomic E-state index is 0.198. The number of hydrogen-bond acceptors (Lipinski definition) is 5. The van der Waals surface area contributed by atoms with Gasteiger partial charge in [0, 0.05) is 26.9 Å². The van der Waals surface area contributed by atoms with E-state index in [0.717, 1.165) is 13.0 Å². The Bertz CT molecular complexity index is 164. The second kappa shape index (κ2) is 8.90. The van der Waals surface area contributed by atoms with Gasteiger partial charge >= 0.3 is 0 Å². The van der Waals surface area contributed by atoms with Crippen LogP contribution in [0.3, 0.4) is 0 Å². The normalized spacial score (nSPS) is 25.9. The van der Waals surface area contributed by atoms with Gasteiger partial charge in [0.25, 0.3) is 0 Å². The van der Waals surface area contributed by atoms with Crippen LogP contribution in [0.4, 0.5) is 0 Å². The SMILES string of the molecule is COCCCOCCOC1COCCC1O. The molecule has 0 aliphatic carbocycles. The van der Waals surface area contributed by atoms with Crippen molar-refractivity contribution in [1.82, 2.24) is 0 Å². The van der Waals surface area contributed by atoms with Crippen molar-refractivity contribution in [3.8, 4) is 0 Å². The molecule has 0 aromatic heterocycles. The number of methoxy groups -OCH3 is 1. The first kappa shape index (κ1) is 13.9. The Labute approximate surface area is 96.6 Å². The lowest BCUT2D eigenvalue weighted by molar-refractivity contribution is -0.124. The van der Waals surface area contributed by atoms with Gasteiger partial charge in [0.1, 0.15) is 6.10 Å². The van der Waals surface area contributed by atoms with Crippen LogP contribution in [0.5, 0.6) is 0 Å². The van der Waals surface area contributed by atoms with E-state index in [-0.39, 0.29) is 6.10 Å². The van der Waals surface area contributed by atoms with E-state index in [1.54, 1.807) is 7.11 Å². The number of rotatable bonds is 8. The van der Waals surface area contributed by atoms with E-state index in [1.807, 2.05) is 0 Å². The van der Waals surface area contributed by atoms with Crippen LogP contribution in [0.1, 0.15) is 12.8 Å². The van der Waals surface area contributed by atoms with Crippen molar-refractivity contribution in [2.75, 3.05) is 46.8 Å². The fourth-order valence-electron chi connectivity index (χ4n) is 1.53. The summed E-state index contributed by atoms with van der Waals surface area (Å²) in [4.78, 5) is 0. The van der Waals surface area contributed by atoms with Gasteiger partial charge in [-0.05, 0) is 12.8 Å². The Kier molecular flexibility index (Phi) is 7.71. The monoisotopic (exact) mass is 234 g/mol. The van der Waals surface area contributed by atoms with E-state index < -0.39 is 6.10 Å². The van der Waals surface area contributed by atoms with Crippen LogP contribution in [0, 0.1) is 0 Å². The molecule has 1 aliphatic rings. The van der Waals surface area contributed by atoms with Crippen LogP contribution in [-0.2, 0) is 18.9 Å². The molecule has 2 unspecified atom stereocenters. The van der Waals surface area contributed by atoms with E-state index in [2.05, 4.69) is 0 Å². The molecule has 0 spiro atoms. The predicted octanol–water partition coefficient (Wildman–Crippen LogP) is 0.206. The number of hydrogen-bond donors (Lipinski definition) is 1. The molecule has 5 nitrogen and oxygen atoms in total. The topological polar surface area (TPSA) is 57.2 Å². The van der Waals surface area contributed by atoms with Crippen molar-refractivity contribution in [2.24, 2.45) is 0 Å². The molecule has 16 heavy (non-hydrogen) atoms. The number of ether oxygens (including phenoxy) is 4. The van der Waals surface area contributed by atoms with Crippen molar-refractivity contribution in [1.29, 1.82) is 0 Å². The van der Waals surface area contributed by atoms with Gasteiger partial charge in [-0.3, -0.25) is 0 Å². The predicted molar refractivity (Wildman–Crippen MR) is 58.5 cm³/mol. The van der Waals surface area contributed by atoms with Crippen molar-refractivity contribution in [3.05, 3.63) is 0 Å². The summed E-state index contributed by atoms with van der Waals surface area (Å²) in [6, 6.07) is 0. The summed E-state index contributed by atoms with van der Waals surface area (Å²) in [5.41, 5.74) is 0. The lowest BCUT2D eigenvalue weighted by Gasteiger charge is -2.27. The standard InChI is InChI=1S/C11H22O5/c1-13-4-2-5-14-7-8-16-11-9-15-6-3-10(11)12/h10-12H,2-9H2,1H3. The molecular formula is C11H22O5. The maximum absolute atomic E-state index is 9.58. The fourth-order valence-corrected chi connectivity index (χ4v) is 1.53. The Hall–Kier alpha value is -0.200. The number of aliphatic hydroxyl groups is 1. The van der Waals surface area contributed by atoms with Gasteiger partial charge < -0.3 is 24.1 Å². The first-order valence-corrected chi connectivity index (χ1v) is 5.78. The van der Waals surface area contributed by atoms with Gasteiger partial charge in [-0.25, -0.2) is 0 Å². The largest absolute Gasteiger partial charge is 0.390 e. The van der Waals surface area contributed by atoms with E-state index in [1.165, 1.54) is 0 Å². The molecule has 0 saturated carbocycles. The van der Waals surface area contributed by atoms with Gasteiger partial charge in [-0.15, -0.1) is 0 Å². The molecule has 5 heteroatoms. The third-order valence-electron chi connectivity index (χ3n) is 2.47. The summed E-state index contributed by atoms with van der Waals surface area (Å²) < 4.78 is 20.9. The highest BCUT2D eigenvalue weighted by molar-refractivity contribution is 4.72. The molecular weight excluding hydrogens is 212 g/mol. The summed E-state index contributed by atoms with van der Waals surface area (Å²) in [6.45, 7) is 3.54. The van der Waals surface area contributed by atoms with Crippen molar-refractivity contribution >= 4 is 0 Å². The molecule has 0 radical (unpaired) electrons. The first-order chi connectivity index (χ1) is 7.84. The average molecular weight is 234 g/mol. The van der Waals surface area contributed by atoms with Gasteiger partial charge in [0.15, 0.2) is 0 Å². The van der Waals surface area contributed by atoms with Gasteiger partial charge in [-0.1, -0.05) is 0 Å². The zero-order valence-corrected chi connectivity index (χ0v) is 9.89. The summed E-state index contributed by atoms with van der Waals surface area (Å²) in [5, 5.41) is 9.58. The quantitative estimate of drug-likeness (QED) is 0.608. The summed E-state index contributed by atoms with van der Waals surface area (Å²) >= 11 is 0. The first-order valence-electron chi connectivity index (χ1n) is 5.78. The van der Waals surface area contributed by atoms with Crippen molar-refractivity contribution < 1.29 is 24.1 Å². The van der Waals surface area contributed by atoms with E-state index in [9.17, 15) is 5.11 Å². The highest BCUT2D eigenvalue weighted by Gasteiger charge is 2.23. The zero-order valence-electron chi connectivity index (χ0n) is 9.89. The highest BCUT2D eigenvalue weighted by atomic mass is 16.6. The van der Waals surface area contributed by atoms with Crippen molar-refractivity contribution in [2.45, 2.75) is 25.0 Å². The van der Waals surface area contributed by atoms with Crippen molar-refractivity contribution in [3.63, 3.8) is 0 Å². The van der Waals surface area contributed by atoms with E-state index in [0.29, 0.717) is 39.5 Å². The Balaban J connectivity index is 1.90. The van der Waals surface area contributed by atoms with Crippen LogP contribution in [0.25, 0.3) is 0 Å². The lowest BCUT2D eigenvalue weighted by atomic mass is 10.1. The van der Waals surface area contributed by atoms with Crippen LogP contribution in [0.15, 0.2) is 0 Å². The fraction of sp³-hybridized carbons (Fsp3) is 1.00. The molecule has 0 bridgehead atoms. The molecule has 1 saturated heterocycles. The van der Waals surface area contributed by atoms with E-state index in [4.69, 9.17) is 18.9 Å². The minimum atomic E-state index is -0.401. The summed E-state index contributed by atoms with van der Waals surface area (Å²) in [6.07, 6.45) is 0.948. The molecule has 1 rings (SSSR count). The Morgan fingerprint density at radius 1 is 1.25 bits per heavy atom. The maximum atomic E-state index is 9.58. The molecule has 0 aromatic rings. The van der Waals surface area contributed by atoms with E-state index >= 15 is 0 Å². The van der Waals surface area contributed by atoms with Crippen LogP contribution >= 0.6 is 0 Å². The van der Waals surface area contributed by atoms with Crippen LogP contribution in [-0.4, -0.2) is 64.1 Å². The maximum Gasteiger partial charge on any atom is 0.107 e. The second-order valence-electron chi connectivity index (χ2n) is 3.80. The molecule has 1 fully saturated rings. The zero-order chi connectivity index (χ0) is 11.6. The molecule has 1 N–H and O–H groups in total. The number of aliphatic hydroxyl groups excluding tert-OH is 1. The highest BCUT2D eigenvalue weighted by Crippen LogP contribution is 2.10. The minimum Gasteiger partial charge on any atom is -0.390 e. The lowest BCUT2D eigenvalue weighted by Crippen LogP contribution is -2.39. The van der Waals surface area contributed by atoms with Gasteiger partial charge in [0.2, 0.25) is 0 Å². The molecule has 96 valence electrons. The third-order valence-corrected chi connectivity index (χ3v) is 2.47. The van der Waals surface area contributed by atoms with Gasteiger partial charge in [-0.2, -0.15) is 0 Å². The third kappa shape index (κ3) is 5.77. The molecule has 0 aromatic carbocycles. The van der Waals surface area contributed by atoms with Crippen LogP contribution < -0.4 is 0 Å². The molecule has 2 atom stereocenters. The summed E-state index contributed by atoms with van der Waals surface area (Å²) in [7, 11) is 1.67. The molecule has 0 amide bonds. The Morgan fingerprint density at radius 2 is 2.12 bits per heavy atom. The molecule has 1 heterocycles. The van der Waals surface area contributed by atoms with Gasteiger partial charge in [0.05, 0.1) is 25.9 Å².